The van der Waals surface area contributed by atoms with Gasteiger partial charge in [0.2, 0.25) is 5.91 Å². The monoisotopic (exact) mass is 588 g/mol. The number of rotatable bonds is 7. The van der Waals surface area contributed by atoms with Crippen molar-refractivity contribution in [3.05, 3.63) is 108 Å². The zero-order valence-corrected chi connectivity index (χ0v) is 25.2. The van der Waals surface area contributed by atoms with Gasteiger partial charge < -0.3 is 24.7 Å². The quantitative estimate of drug-likeness (QED) is 0.239. The van der Waals surface area contributed by atoms with Crippen molar-refractivity contribution in [2.45, 2.75) is 32.6 Å². The van der Waals surface area contributed by atoms with E-state index in [2.05, 4.69) is 36.4 Å². The van der Waals surface area contributed by atoms with Gasteiger partial charge in [-0.05, 0) is 52.9 Å². The number of nitrogens with one attached hydrogen (secondary N) is 2. The number of ether oxygens (including phenoxy) is 1. The highest BCUT2D eigenvalue weighted by molar-refractivity contribution is 6.04. The van der Waals surface area contributed by atoms with Crippen LogP contribution in [-0.4, -0.2) is 57.4 Å². The first-order valence-corrected chi connectivity index (χ1v) is 14.8. The minimum Gasteiger partial charge on any atom is -0.378 e. The van der Waals surface area contributed by atoms with E-state index < -0.39 is 0 Å². The second kappa shape index (κ2) is 12.3. The number of hydrogen-bond donors (Lipinski definition) is 2. The molecule has 2 amide bonds. The molecule has 0 unspecified atom stereocenters. The number of nitrogens with zero attached hydrogens (tertiary/aromatic N) is 4. The molecule has 0 bridgehead atoms. The number of carbonyl (C=O) groups excluding carboxylic acids is 2. The molecular formula is C35H36N6O3. The van der Waals surface area contributed by atoms with Gasteiger partial charge in [-0.1, -0.05) is 57.2 Å². The highest BCUT2D eigenvalue weighted by Gasteiger charge is 2.18. The first kappa shape index (κ1) is 29.1. The van der Waals surface area contributed by atoms with E-state index in [0.717, 1.165) is 22.5 Å². The topological polar surface area (TPSA) is 101 Å². The van der Waals surface area contributed by atoms with Crippen molar-refractivity contribution < 1.29 is 14.3 Å². The van der Waals surface area contributed by atoms with Gasteiger partial charge in [0, 0.05) is 54.2 Å². The minimum atomic E-state index is -0.168. The summed E-state index contributed by atoms with van der Waals surface area (Å²) in [5.41, 5.74) is 6.51. The predicted molar refractivity (Wildman–Crippen MR) is 172 cm³/mol. The summed E-state index contributed by atoms with van der Waals surface area (Å²) in [6, 6.07) is 23.2. The van der Waals surface area contributed by atoms with Crippen LogP contribution in [0.2, 0.25) is 0 Å². The Hall–Kier alpha value is -5.02. The molecule has 6 rings (SSSR count). The fourth-order valence-corrected chi connectivity index (χ4v) is 5.18. The summed E-state index contributed by atoms with van der Waals surface area (Å²) in [6.07, 6.45) is 5.88. The number of hydrogen-bond acceptors (Lipinski definition) is 6. The molecule has 5 aromatic rings. The number of fused-ring (bicyclic) bond motifs is 1. The van der Waals surface area contributed by atoms with Gasteiger partial charge in [-0.25, -0.2) is 9.97 Å². The first-order chi connectivity index (χ1) is 21.2. The lowest BCUT2D eigenvalue weighted by atomic mass is 9.87. The first-order valence-electron chi connectivity index (χ1n) is 14.8. The zero-order chi connectivity index (χ0) is 30.7. The van der Waals surface area contributed by atoms with Crippen molar-refractivity contribution in [3.63, 3.8) is 0 Å². The number of benzene rings is 3. The molecule has 1 aliphatic heterocycles. The van der Waals surface area contributed by atoms with Gasteiger partial charge in [-0.15, -0.1) is 0 Å². The van der Waals surface area contributed by atoms with Crippen LogP contribution in [0.25, 0.3) is 16.9 Å². The van der Waals surface area contributed by atoms with Crippen LogP contribution in [-0.2, 0) is 21.4 Å². The summed E-state index contributed by atoms with van der Waals surface area (Å²) in [7, 11) is 0. The SMILES string of the molecule is CC(C)(C)c1ccc(C(=O)Nc2cccc(-c3cn4ccnc4c(Nc4ccc(CC(=O)N5CCOCC5)cc4)n3)c2)cc1. The smallest absolute Gasteiger partial charge is 0.255 e. The summed E-state index contributed by atoms with van der Waals surface area (Å²) < 4.78 is 7.27. The van der Waals surface area contributed by atoms with Gasteiger partial charge in [-0.2, -0.15) is 0 Å². The third-order valence-corrected chi connectivity index (χ3v) is 7.74. The fourth-order valence-electron chi connectivity index (χ4n) is 5.18. The molecule has 224 valence electrons. The summed E-state index contributed by atoms with van der Waals surface area (Å²) >= 11 is 0. The number of aromatic nitrogens is 3. The molecule has 0 atom stereocenters. The van der Waals surface area contributed by atoms with E-state index >= 15 is 0 Å². The maximum Gasteiger partial charge on any atom is 0.255 e. The van der Waals surface area contributed by atoms with Crippen LogP contribution in [0.1, 0.15) is 42.3 Å². The Labute approximate surface area is 256 Å². The average molecular weight is 589 g/mol. The van der Waals surface area contributed by atoms with Crippen molar-refractivity contribution in [1.29, 1.82) is 0 Å². The molecule has 0 aliphatic carbocycles. The van der Waals surface area contributed by atoms with Gasteiger partial charge in [0.25, 0.3) is 5.91 Å². The van der Waals surface area contributed by atoms with Crippen molar-refractivity contribution in [3.8, 4) is 11.3 Å². The Kier molecular flexibility index (Phi) is 8.13. The molecule has 1 saturated heterocycles. The van der Waals surface area contributed by atoms with Gasteiger partial charge in [0.1, 0.15) is 0 Å². The Bertz CT molecular complexity index is 1780. The Morgan fingerprint density at radius 2 is 1.68 bits per heavy atom. The minimum absolute atomic E-state index is 0.0212. The largest absolute Gasteiger partial charge is 0.378 e. The molecule has 0 saturated carbocycles. The van der Waals surface area contributed by atoms with Gasteiger partial charge in [0.05, 0.1) is 25.3 Å². The zero-order valence-electron chi connectivity index (χ0n) is 25.2. The molecule has 0 spiro atoms. The average Bonchev–Trinajstić information content (AvgIpc) is 3.51. The van der Waals surface area contributed by atoms with E-state index in [1.54, 1.807) is 6.20 Å². The second-order valence-corrected chi connectivity index (χ2v) is 12.0. The molecule has 1 aliphatic rings. The van der Waals surface area contributed by atoms with Crippen LogP contribution in [0.5, 0.6) is 0 Å². The molecule has 2 N–H and O–H groups in total. The third kappa shape index (κ3) is 6.63. The van der Waals surface area contributed by atoms with E-state index in [9.17, 15) is 9.59 Å². The molecule has 3 heterocycles. The summed E-state index contributed by atoms with van der Waals surface area (Å²) in [5.74, 6) is 0.537. The lowest BCUT2D eigenvalue weighted by molar-refractivity contribution is -0.134. The lowest BCUT2D eigenvalue weighted by Gasteiger charge is -2.26. The van der Waals surface area contributed by atoms with Crippen molar-refractivity contribution in [2.24, 2.45) is 0 Å². The highest BCUT2D eigenvalue weighted by Crippen LogP contribution is 2.27. The third-order valence-electron chi connectivity index (χ3n) is 7.74. The van der Waals surface area contributed by atoms with E-state index in [-0.39, 0.29) is 17.2 Å². The lowest BCUT2D eigenvalue weighted by Crippen LogP contribution is -2.41. The summed E-state index contributed by atoms with van der Waals surface area (Å²) in [4.78, 5) is 36.9. The normalized spacial score (nSPS) is 13.6. The van der Waals surface area contributed by atoms with E-state index in [1.807, 2.05) is 94.5 Å². The highest BCUT2D eigenvalue weighted by atomic mass is 16.5. The van der Waals surface area contributed by atoms with E-state index in [4.69, 9.17) is 9.72 Å². The fraction of sp³-hybridized carbons (Fsp3) is 0.257. The number of morpholine rings is 1. The molecule has 2 aromatic heterocycles. The number of anilines is 3. The molecule has 44 heavy (non-hydrogen) atoms. The summed E-state index contributed by atoms with van der Waals surface area (Å²) in [5, 5.41) is 6.41. The maximum atomic E-state index is 13.0. The number of imidazole rings is 1. The molecule has 9 nitrogen and oxygen atoms in total. The Balaban J connectivity index is 1.18. The second-order valence-electron chi connectivity index (χ2n) is 12.0. The number of carbonyl (C=O) groups is 2. The van der Waals surface area contributed by atoms with Crippen LogP contribution >= 0.6 is 0 Å². The van der Waals surface area contributed by atoms with Crippen LogP contribution in [0.3, 0.4) is 0 Å². The Morgan fingerprint density at radius 3 is 2.41 bits per heavy atom. The maximum absolute atomic E-state index is 13.0. The van der Waals surface area contributed by atoms with Crippen molar-refractivity contribution in [2.75, 3.05) is 36.9 Å². The molecule has 0 radical (unpaired) electrons. The van der Waals surface area contributed by atoms with Gasteiger partial charge >= 0.3 is 0 Å². The standard InChI is InChI=1S/C35H36N6O3/c1-35(2,3)27-11-9-25(10-12-27)34(43)38-29-6-4-5-26(22-29)30-23-41-16-15-36-33(41)32(39-30)37-28-13-7-24(8-14-28)21-31(42)40-17-19-44-20-18-40/h4-16,22-23H,17-21H2,1-3H3,(H,37,39)(H,38,43). The summed E-state index contributed by atoms with van der Waals surface area (Å²) in [6.45, 7) is 8.91. The van der Waals surface area contributed by atoms with Crippen molar-refractivity contribution >= 4 is 34.7 Å². The molecule has 1 fully saturated rings. The molecule has 3 aromatic carbocycles. The van der Waals surface area contributed by atoms with E-state index in [1.165, 1.54) is 5.56 Å². The molecular weight excluding hydrogens is 552 g/mol. The van der Waals surface area contributed by atoms with Crippen LogP contribution < -0.4 is 10.6 Å². The Morgan fingerprint density at radius 1 is 0.932 bits per heavy atom. The van der Waals surface area contributed by atoms with Crippen LogP contribution in [0, 0.1) is 0 Å². The van der Waals surface area contributed by atoms with Crippen LogP contribution in [0.15, 0.2) is 91.4 Å². The number of amides is 2. The van der Waals surface area contributed by atoms with Gasteiger partial charge in [0.15, 0.2) is 11.5 Å². The van der Waals surface area contributed by atoms with Crippen LogP contribution in [0.4, 0.5) is 17.2 Å². The molecule has 9 heteroatoms. The van der Waals surface area contributed by atoms with Gasteiger partial charge in [-0.3, -0.25) is 9.59 Å². The van der Waals surface area contributed by atoms with Crippen molar-refractivity contribution in [1.82, 2.24) is 19.3 Å². The predicted octanol–water partition coefficient (Wildman–Crippen LogP) is 6.09. The van der Waals surface area contributed by atoms with E-state index in [0.29, 0.717) is 55.4 Å².